The minimum absolute atomic E-state index is 0.256. The number of amides is 1. The van der Waals surface area contributed by atoms with E-state index in [4.69, 9.17) is 9.47 Å². The first kappa shape index (κ1) is 68.9. The van der Waals surface area contributed by atoms with Gasteiger partial charge in [0.05, 0.1) is 25.4 Å². The lowest BCUT2D eigenvalue weighted by Crippen LogP contribution is -2.61. The van der Waals surface area contributed by atoms with E-state index in [0.29, 0.717) is 6.42 Å². The van der Waals surface area contributed by atoms with E-state index < -0.39 is 59.9 Å². The van der Waals surface area contributed by atoms with Crippen LogP contribution in [0.25, 0.3) is 0 Å². The van der Waals surface area contributed by atoms with Gasteiger partial charge in [-0.1, -0.05) is 289 Å². The summed E-state index contributed by atoms with van der Waals surface area (Å²) in [5.41, 5.74) is 0. The van der Waals surface area contributed by atoms with Crippen LogP contribution in [0.4, 0.5) is 0 Å². The molecule has 0 spiro atoms. The Morgan fingerprint density at radius 2 is 0.875 bits per heavy atom. The Morgan fingerprint density at radius 3 is 1.21 bits per heavy atom. The van der Waals surface area contributed by atoms with E-state index in [0.717, 1.165) is 38.5 Å². The van der Waals surface area contributed by atoms with Crippen LogP contribution >= 0.6 is 0 Å². The van der Waals surface area contributed by atoms with E-state index in [-0.39, 0.29) is 18.9 Å². The molecule has 1 fully saturated rings. The van der Waals surface area contributed by atoms with E-state index in [1.54, 1.807) is 6.08 Å². The highest BCUT2D eigenvalue weighted by molar-refractivity contribution is 7.80. The first-order valence-corrected chi connectivity index (χ1v) is 31.9. The van der Waals surface area contributed by atoms with Crippen molar-refractivity contribution in [2.24, 2.45) is 0 Å². The Hall–Kier alpha value is -1.16. The molecule has 6 N–H and O–H groups in total. The van der Waals surface area contributed by atoms with Crippen LogP contribution in [-0.2, 0) is 28.9 Å². The van der Waals surface area contributed by atoms with Crippen molar-refractivity contribution in [2.45, 2.75) is 346 Å². The monoisotopic (exact) mass is 1050 g/mol. The average Bonchev–Trinajstić information content (AvgIpc) is 3.36. The number of hydrogen-bond donors (Lipinski definition) is 6. The highest BCUT2D eigenvalue weighted by atomic mass is 32.3. The predicted molar refractivity (Wildman–Crippen MR) is 296 cm³/mol. The second-order valence-corrected chi connectivity index (χ2v) is 22.7. The Bertz CT molecular complexity index is 1320. The summed E-state index contributed by atoms with van der Waals surface area (Å²) in [7, 11) is -5.09. The van der Waals surface area contributed by atoms with Crippen molar-refractivity contribution in [3.05, 3.63) is 12.2 Å². The second-order valence-electron chi connectivity index (χ2n) is 21.7. The molecule has 1 rings (SSSR count). The molecule has 7 unspecified atom stereocenters. The van der Waals surface area contributed by atoms with Gasteiger partial charge < -0.3 is 35.2 Å². The highest BCUT2D eigenvalue weighted by Gasteiger charge is 2.48. The fourth-order valence-electron chi connectivity index (χ4n) is 10.1. The summed E-state index contributed by atoms with van der Waals surface area (Å²) < 4.78 is 47.8. The van der Waals surface area contributed by atoms with Crippen molar-refractivity contribution < 1.29 is 51.8 Å². The summed E-state index contributed by atoms with van der Waals surface area (Å²) in [5, 5.41) is 44.9. The molecule has 0 aliphatic carbocycles. The lowest BCUT2D eigenvalue weighted by Gasteiger charge is -2.41. The van der Waals surface area contributed by atoms with Crippen molar-refractivity contribution in [1.82, 2.24) is 5.32 Å². The number of aliphatic hydroxyl groups excluding tert-OH is 4. The van der Waals surface area contributed by atoms with E-state index >= 15 is 0 Å². The molecule has 12 nitrogen and oxygen atoms in total. The SMILES string of the molecule is CCCCCCCCCCCCCC/C=C/C(O)C(COC1OC(CO)C(O)C(OS(=O)(=O)O)C1O)NC(=O)CCCCCCCCCCCCCCCCCCCCCCCCCCCCCCCCC. The number of unbranched alkanes of at least 4 members (excludes halogenated alkanes) is 42. The molecule has 0 radical (unpaired) electrons. The topological polar surface area (TPSA) is 192 Å². The predicted octanol–water partition coefficient (Wildman–Crippen LogP) is 14.6. The lowest BCUT2D eigenvalue weighted by molar-refractivity contribution is -0.298. The zero-order valence-corrected chi connectivity index (χ0v) is 47.3. The lowest BCUT2D eigenvalue weighted by atomic mass is 9.99. The van der Waals surface area contributed by atoms with Gasteiger partial charge in [0.2, 0.25) is 5.91 Å². The summed E-state index contributed by atoms with van der Waals surface area (Å²) in [6.07, 6.45) is 51.4. The number of hydrogen-bond acceptors (Lipinski definition) is 10. The molecular formula is C59H115NO11S. The van der Waals surface area contributed by atoms with Gasteiger partial charge in [0, 0.05) is 6.42 Å². The molecule has 1 amide bonds. The second kappa shape index (κ2) is 49.4. The number of carbonyl (C=O) groups is 1. The number of rotatable bonds is 54. The summed E-state index contributed by atoms with van der Waals surface area (Å²) in [4.78, 5) is 13.1. The van der Waals surface area contributed by atoms with Gasteiger partial charge in [0.25, 0.3) is 0 Å². The van der Waals surface area contributed by atoms with Crippen LogP contribution in [0.3, 0.4) is 0 Å². The largest absolute Gasteiger partial charge is 0.397 e. The highest BCUT2D eigenvalue weighted by Crippen LogP contribution is 2.26. The van der Waals surface area contributed by atoms with Gasteiger partial charge in [-0.3, -0.25) is 9.35 Å². The van der Waals surface area contributed by atoms with Gasteiger partial charge in [-0.15, -0.1) is 0 Å². The molecule has 1 aliphatic rings. The van der Waals surface area contributed by atoms with E-state index in [1.165, 1.54) is 238 Å². The summed E-state index contributed by atoms with van der Waals surface area (Å²) in [6, 6.07) is -0.940. The number of allylic oxidation sites excluding steroid dienone is 1. The molecule has 0 bridgehead atoms. The van der Waals surface area contributed by atoms with Crippen LogP contribution in [0.1, 0.15) is 303 Å². The normalized spacial score (nSPS) is 19.3. The molecular weight excluding hydrogens is 931 g/mol. The molecule has 0 aromatic carbocycles. The quantitative estimate of drug-likeness (QED) is 0.0193. The number of carbonyl (C=O) groups excluding carboxylic acids is 1. The van der Waals surface area contributed by atoms with Crippen LogP contribution in [-0.4, -0.2) is 95.4 Å². The van der Waals surface area contributed by atoms with E-state index in [9.17, 15) is 38.2 Å². The van der Waals surface area contributed by atoms with Gasteiger partial charge >= 0.3 is 10.4 Å². The Labute approximate surface area is 442 Å². The number of nitrogens with one attached hydrogen (secondary N) is 1. The first-order chi connectivity index (χ1) is 35.0. The van der Waals surface area contributed by atoms with Crippen LogP contribution in [0, 0.1) is 0 Å². The van der Waals surface area contributed by atoms with Gasteiger partial charge in [0.15, 0.2) is 6.29 Å². The molecule has 13 heteroatoms. The maximum Gasteiger partial charge on any atom is 0.397 e. The molecule has 0 saturated carbocycles. The van der Waals surface area contributed by atoms with E-state index in [1.807, 2.05) is 6.08 Å². The Balaban J connectivity index is 2.23. The Morgan fingerprint density at radius 1 is 0.542 bits per heavy atom. The minimum atomic E-state index is -5.09. The maximum absolute atomic E-state index is 13.1. The maximum atomic E-state index is 13.1. The zero-order valence-electron chi connectivity index (χ0n) is 46.5. The summed E-state index contributed by atoms with van der Waals surface area (Å²) in [6.45, 7) is 3.43. The van der Waals surface area contributed by atoms with Crippen molar-refractivity contribution in [1.29, 1.82) is 0 Å². The van der Waals surface area contributed by atoms with Crippen molar-refractivity contribution in [3.63, 3.8) is 0 Å². The average molecular weight is 1050 g/mol. The van der Waals surface area contributed by atoms with Gasteiger partial charge in [0.1, 0.15) is 24.4 Å². The number of aliphatic hydroxyl groups is 4. The fourth-order valence-corrected chi connectivity index (χ4v) is 10.6. The fraction of sp³-hybridized carbons (Fsp3) is 0.949. The van der Waals surface area contributed by atoms with Gasteiger partial charge in [-0.25, -0.2) is 4.18 Å². The van der Waals surface area contributed by atoms with Crippen LogP contribution in [0.15, 0.2) is 12.2 Å². The van der Waals surface area contributed by atoms with Crippen LogP contribution in [0.2, 0.25) is 0 Å². The standard InChI is InChI=1S/C59H115NO11S/c1-3-5-7-9-11-13-15-17-19-20-21-22-23-24-25-26-27-28-29-30-31-32-33-34-35-37-39-41-43-45-47-49-55(63)60-52(51-69-59-57(65)58(71-72(66,67)68)56(64)54(50-61)70-59)53(62)48-46-44-42-40-38-36-18-16-14-12-10-8-6-4-2/h46,48,52-54,56-59,61-62,64-65H,3-45,47,49-51H2,1-2H3,(H,60,63)(H,66,67,68)/b48-46+. The molecule has 1 heterocycles. The Kier molecular flexibility index (Phi) is 47.3. The third-order valence-corrected chi connectivity index (χ3v) is 15.3. The van der Waals surface area contributed by atoms with E-state index in [2.05, 4.69) is 23.3 Å². The molecule has 7 atom stereocenters. The van der Waals surface area contributed by atoms with Crippen molar-refractivity contribution >= 4 is 16.3 Å². The summed E-state index contributed by atoms with van der Waals surface area (Å²) >= 11 is 0. The van der Waals surface area contributed by atoms with Crippen LogP contribution < -0.4 is 5.32 Å². The third-order valence-electron chi connectivity index (χ3n) is 14.8. The zero-order chi connectivity index (χ0) is 52.6. The molecule has 428 valence electrons. The van der Waals surface area contributed by atoms with Gasteiger partial charge in [-0.05, 0) is 19.3 Å². The van der Waals surface area contributed by atoms with Crippen molar-refractivity contribution in [3.8, 4) is 0 Å². The first-order valence-electron chi connectivity index (χ1n) is 30.6. The van der Waals surface area contributed by atoms with Crippen LogP contribution in [0.5, 0.6) is 0 Å². The van der Waals surface area contributed by atoms with Crippen molar-refractivity contribution in [2.75, 3.05) is 13.2 Å². The third kappa shape index (κ3) is 41.1. The molecule has 1 saturated heterocycles. The molecule has 0 aromatic rings. The smallest absolute Gasteiger partial charge is 0.394 e. The minimum Gasteiger partial charge on any atom is -0.394 e. The number of ether oxygens (including phenoxy) is 2. The molecule has 1 aliphatic heterocycles. The summed E-state index contributed by atoms with van der Waals surface area (Å²) in [5.74, 6) is -0.256. The van der Waals surface area contributed by atoms with Gasteiger partial charge in [-0.2, -0.15) is 8.42 Å². The molecule has 0 aromatic heterocycles. The molecule has 72 heavy (non-hydrogen) atoms.